The Balaban J connectivity index is 1.61. The third-order valence-electron chi connectivity index (χ3n) is 6.63. The first kappa shape index (κ1) is 23.3. The summed E-state index contributed by atoms with van der Waals surface area (Å²) in [5.41, 5.74) is 7.14. The molecule has 2 aromatic carbocycles. The van der Waals surface area contributed by atoms with E-state index in [1.807, 2.05) is 0 Å². The summed E-state index contributed by atoms with van der Waals surface area (Å²) >= 11 is 0. The van der Waals surface area contributed by atoms with Crippen molar-refractivity contribution in [2.24, 2.45) is 5.92 Å². The molecular formula is C24H29N3O5S. The second kappa shape index (κ2) is 9.52. The maximum atomic E-state index is 13.5. The van der Waals surface area contributed by atoms with Crippen LogP contribution in [0, 0.1) is 5.92 Å². The molecule has 9 heteroatoms. The van der Waals surface area contributed by atoms with Gasteiger partial charge < -0.3 is 15.8 Å². The lowest BCUT2D eigenvalue weighted by molar-refractivity contribution is -0.146. The Bertz CT molecular complexity index is 1100. The second-order valence-electron chi connectivity index (χ2n) is 8.69. The Morgan fingerprint density at radius 3 is 2.30 bits per heavy atom. The molecule has 2 saturated heterocycles. The molecule has 2 bridgehead atoms. The third-order valence-corrected chi connectivity index (χ3v) is 8.58. The van der Waals surface area contributed by atoms with E-state index in [0.717, 1.165) is 31.2 Å². The maximum absolute atomic E-state index is 13.5. The fourth-order valence-electron chi connectivity index (χ4n) is 4.98. The van der Waals surface area contributed by atoms with E-state index >= 15 is 0 Å². The molecule has 0 aromatic heterocycles. The van der Waals surface area contributed by atoms with Crippen LogP contribution in [0.25, 0.3) is 0 Å². The first-order valence-corrected chi connectivity index (χ1v) is 12.6. The fourth-order valence-corrected chi connectivity index (χ4v) is 6.89. The Labute approximate surface area is 194 Å². The molecule has 2 aromatic rings. The summed E-state index contributed by atoms with van der Waals surface area (Å²) in [6.07, 6.45) is 3.23. The predicted molar refractivity (Wildman–Crippen MR) is 124 cm³/mol. The van der Waals surface area contributed by atoms with Gasteiger partial charge in [0.2, 0.25) is 15.9 Å². The molecule has 0 radical (unpaired) electrons. The van der Waals surface area contributed by atoms with E-state index in [0.29, 0.717) is 5.69 Å². The van der Waals surface area contributed by atoms with Crippen LogP contribution in [-0.4, -0.2) is 49.8 Å². The number of fused-ring (bicyclic) bond motifs is 3. The number of nitrogens with one attached hydrogen (secondary N) is 1. The van der Waals surface area contributed by atoms with E-state index in [1.54, 1.807) is 54.6 Å². The van der Waals surface area contributed by atoms with Crippen molar-refractivity contribution < 1.29 is 22.7 Å². The first-order valence-electron chi connectivity index (χ1n) is 11.1. The lowest BCUT2D eigenvalue weighted by atomic mass is 9.76. The lowest BCUT2D eigenvalue weighted by Crippen LogP contribution is -2.63. The van der Waals surface area contributed by atoms with Crippen molar-refractivity contribution in [3.63, 3.8) is 0 Å². The van der Waals surface area contributed by atoms with Crippen molar-refractivity contribution in [1.82, 2.24) is 9.62 Å². The summed E-state index contributed by atoms with van der Waals surface area (Å²) in [4.78, 5) is 26.1. The number of anilines is 1. The van der Waals surface area contributed by atoms with E-state index in [1.165, 1.54) is 11.4 Å². The molecule has 3 fully saturated rings. The van der Waals surface area contributed by atoms with Crippen molar-refractivity contribution in [3.8, 4) is 0 Å². The maximum Gasteiger partial charge on any atom is 0.328 e. The average molecular weight is 472 g/mol. The number of rotatable bonds is 7. The molecule has 8 nitrogen and oxygen atoms in total. The number of carbonyl (C=O) groups is 2. The minimum atomic E-state index is -3.87. The zero-order chi connectivity index (χ0) is 23.6. The number of piperidine rings is 2. The lowest BCUT2D eigenvalue weighted by Gasteiger charge is -2.49. The van der Waals surface area contributed by atoms with Crippen LogP contribution in [0.5, 0.6) is 0 Å². The molecular weight excluding hydrogens is 442 g/mol. The molecule has 176 valence electrons. The van der Waals surface area contributed by atoms with Gasteiger partial charge in [-0.15, -0.1) is 0 Å². The molecule has 2 atom stereocenters. The number of nitrogens with zero attached hydrogens (tertiary/aromatic N) is 1. The van der Waals surface area contributed by atoms with E-state index in [9.17, 15) is 18.0 Å². The Morgan fingerprint density at radius 2 is 1.70 bits per heavy atom. The monoisotopic (exact) mass is 471 g/mol. The predicted octanol–water partition coefficient (Wildman–Crippen LogP) is 2.10. The van der Waals surface area contributed by atoms with Gasteiger partial charge in [-0.05, 0) is 61.4 Å². The van der Waals surface area contributed by atoms with Gasteiger partial charge in [0.1, 0.15) is 12.1 Å². The van der Waals surface area contributed by atoms with Gasteiger partial charge in [0.15, 0.2) is 0 Å². The second-order valence-corrected chi connectivity index (χ2v) is 10.5. The van der Waals surface area contributed by atoms with Crippen molar-refractivity contribution in [1.29, 1.82) is 0 Å². The molecule has 3 N–H and O–H groups in total. The van der Waals surface area contributed by atoms with Crippen molar-refractivity contribution in [3.05, 3.63) is 60.2 Å². The summed E-state index contributed by atoms with van der Waals surface area (Å²) in [6.45, 7) is 0. The summed E-state index contributed by atoms with van der Waals surface area (Å²) in [5.74, 6) is -1.14. The first-order chi connectivity index (χ1) is 15.8. The summed E-state index contributed by atoms with van der Waals surface area (Å²) < 4.78 is 33.4. The minimum Gasteiger partial charge on any atom is -0.467 e. The highest BCUT2D eigenvalue weighted by atomic mass is 32.2. The van der Waals surface area contributed by atoms with Crippen molar-refractivity contribution in [2.75, 3.05) is 12.8 Å². The number of methoxy groups -OCH3 is 1. The SMILES string of the molecule is COC(=O)C(Cc1ccc(N)cc1)NC(=O)C1C2CCC(CC2)N1S(=O)(=O)c1ccccc1. The topological polar surface area (TPSA) is 119 Å². The molecule has 2 unspecified atom stereocenters. The average Bonchev–Trinajstić information content (AvgIpc) is 2.85. The molecule has 3 aliphatic rings. The number of ether oxygens (including phenoxy) is 1. The molecule has 2 heterocycles. The van der Waals surface area contributed by atoms with Gasteiger partial charge in [-0.25, -0.2) is 13.2 Å². The van der Waals surface area contributed by atoms with Crippen LogP contribution in [0.15, 0.2) is 59.5 Å². The molecule has 5 rings (SSSR count). The molecule has 1 saturated carbocycles. The van der Waals surface area contributed by atoms with Gasteiger partial charge in [-0.1, -0.05) is 30.3 Å². The van der Waals surface area contributed by atoms with Crippen molar-refractivity contribution >= 4 is 27.6 Å². The Kier molecular flexibility index (Phi) is 6.71. The van der Waals surface area contributed by atoms with Gasteiger partial charge in [-0.3, -0.25) is 4.79 Å². The van der Waals surface area contributed by atoms with Gasteiger partial charge in [0.05, 0.1) is 12.0 Å². The van der Waals surface area contributed by atoms with Gasteiger partial charge in [0.25, 0.3) is 0 Å². The molecule has 1 aliphatic carbocycles. The minimum absolute atomic E-state index is 0.0942. The smallest absolute Gasteiger partial charge is 0.328 e. The number of hydrogen-bond acceptors (Lipinski definition) is 6. The summed E-state index contributed by atoms with van der Waals surface area (Å²) in [5, 5.41) is 2.79. The third kappa shape index (κ3) is 4.74. The van der Waals surface area contributed by atoms with E-state index < -0.39 is 34.0 Å². The van der Waals surface area contributed by atoms with Crippen LogP contribution in [0.2, 0.25) is 0 Å². The number of esters is 1. The number of nitrogens with two attached hydrogens (primary N) is 1. The molecule has 0 spiro atoms. The van der Waals surface area contributed by atoms with Crippen molar-refractivity contribution in [2.45, 2.75) is 55.1 Å². The quantitative estimate of drug-likeness (QED) is 0.472. The number of nitrogen functional groups attached to an aromatic ring is 1. The summed E-state index contributed by atoms with van der Waals surface area (Å²) in [6, 6.07) is 13.2. The van der Waals surface area contributed by atoms with Crippen LogP contribution < -0.4 is 11.1 Å². The fraction of sp³-hybridized carbons (Fsp3) is 0.417. The zero-order valence-corrected chi connectivity index (χ0v) is 19.3. The van der Waals surface area contributed by atoms with Crippen LogP contribution in [-0.2, 0) is 30.8 Å². The van der Waals surface area contributed by atoms with E-state index in [-0.39, 0.29) is 23.3 Å². The largest absolute Gasteiger partial charge is 0.467 e. The highest BCUT2D eigenvalue weighted by Gasteiger charge is 2.51. The highest BCUT2D eigenvalue weighted by molar-refractivity contribution is 7.89. The number of hydrogen-bond donors (Lipinski definition) is 2. The Morgan fingerprint density at radius 1 is 1.06 bits per heavy atom. The van der Waals surface area contributed by atoms with Crippen LogP contribution in [0.1, 0.15) is 31.2 Å². The van der Waals surface area contributed by atoms with Gasteiger partial charge in [-0.2, -0.15) is 4.31 Å². The Hall–Kier alpha value is -2.91. The molecule has 33 heavy (non-hydrogen) atoms. The van der Waals surface area contributed by atoms with Crippen LogP contribution in [0.4, 0.5) is 5.69 Å². The normalized spacial score (nSPS) is 23.6. The van der Waals surface area contributed by atoms with E-state index in [2.05, 4.69) is 5.32 Å². The number of carbonyl (C=O) groups excluding carboxylic acids is 2. The molecule has 1 amide bonds. The number of sulfonamides is 1. The molecule has 2 aliphatic heterocycles. The number of benzene rings is 2. The zero-order valence-electron chi connectivity index (χ0n) is 18.5. The standard InChI is InChI=1S/C24H29N3O5S/c1-32-24(29)21(15-16-7-11-18(25)12-8-16)26-23(28)22-17-9-13-19(14-10-17)27(22)33(30,31)20-5-3-2-4-6-20/h2-8,11-12,17,19,21-22H,9-10,13-15,25H2,1H3,(H,26,28). The van der Waals surface area contributed by atoms with Gasteiger partial charge >= 0.3 is 5.97 Å². The van der Waals surface area contributed by atoms with E-state index in [4.69, 9.17) is 10.5 Å². The van der Waals surface area contributed by atoms with Gasteiger partial charge in [0, 0.05) is 18.2 Å². The summed E-state index contributed by atoms with van der Waals surface area (Å²) in [7, 11) is -2.61. The number of amides is 1. The van der Waals surface area contributed by atoms with Crippen LogP contribution in [0.3, 0.4) is 0 Å². The highest BCUT2D eigenvalue weighted by Crippen LogP contribution is 2.42. The van der Waals surface area contributed by atoms with Crippen LogP contribution >= 0.6 is 0 Å².